The summed E-state index contributed by atoms with van der Waals surface area (Å²) in [6.45, 7) is 6.31. The molecular formula is C20H23N3O3S. The SMILES string of the molecule is Cc1cccc(-c2noc(CCNS(=O)(=O)c3ccc(C(C)C)cc3)n2)c1. The topological polar surface area (TPSA) is 85.1 Å². The third-order valence-electron chi connectivity index (χ3n) is 4.23. The fourth-order valence-electron chi connectivity index (χ4n) is 2.67. The van der Waals surface area contributed by atoms with Crippen molar-refractivity contribution in [3.8, 4) is 11.4 Å². The molecule has 3 rings (SSSR count). The first-order chi connectivity index (χ1) is 12.8. The lowest BCUT2D eigenvalue weighted by Gasteiger charge is -2.08. The van der Waals surface area contributed by atoms with Gasteiger partial charge in [0.15, 0.2) is 0 Å². The minimum absolute atomic E-state index is 0.184. The Kier molecular flexibility index (Phi) is 5.72. The average molecular weight is 385 g/mol. The standard InChI is InChI=1S/C20H23N3O3S/c1-14(2)16-7-9-18(10-8-16)27(24,25)21-12-11-19-22-20(23-26-19)17-6-4-5-15(3)13-17/h4-10,13-14,21H,11-12H2,1-3H3. The van der Waals surface area contributed by atoms with E-state index in [1.165, 1.54) is 0 Å². The number of benzene rings is 2. The summed E-state index contributed by atoms with van der Waals surface area (Å²) in [7, 11) is -3.56. The van der Waals surface area contributed by atoms with Crippen LogP contribution in [0.3, 0.4) is 0 Å². The summed E-state index contributed by atoms with van der Waals surface area (Å²) in [5, 5.41) is 3.96. The van der Waals surface area contributed by atoms with Crippen LogP contribution in [0.1, 0.15) is 36.8 Å². The molecule has 1 heterocycles. The van der Waals surface area contributed by atoms with Gasteiger partial charge in [-0.25, -0.2) is 13.1 Å². The normalized spacial score (nSPS) is 11.9. The van der Waals surface area contributed by atoms with E-state index in [0.29, 0.717) is 24.1 Å². The van der Waals surface area contributed by atoms with E-state index in [1.807, 2.05) is 43.3 Å². The number of sulfonamides is 1. The van der Waals surface area contributed by atoms with Gasteiger partial charge in [-0.3, -0.25) is 0 Å². The second-order valence-corrected chi connectivity index (χ2v) is 8.52. The maximum atomic E-state index is 12.4. The van der Waals surface area contributed by atoms with E-state index in [1.54, 1.807) is 12.1 Å². The second-order valence-electron chi connectivity index (χ2n) is 6.75. The zero-order chi connectivity index (χ0) is 19.4. The Hall–Kier alpha value is -2.51. The molecule has 0 aliphatic rings. The zero-order valence-electron chi connectivity index (χ0n) is 15.6. The molecule has 0 spiro atoms. The van der Waals surface area contributed by atoms with E-state index in [9.17, 15) is 8.42 Å². The Morgan fingerprint density at radius 2 is 1.85 bits per heavy atom. The molecule has 1 N–H and O–H groups in total. The van der Waals surface area contributed by atoms with Crippen molar-refractivity contribution in [2.24, 2.45) is 0 Å². The van der Waals surface area contributed by atoms with Crippen LogP contribution in [0, 0.1) is 6.92 Å². The Morgan fingerprint density at radius 1 is 1.11 bits per heavy atom. The molecule has 0 aliphatic carbocycles. The van der Waals surface area contributed by atoms with E-state index in [2.05, 4.69) is 28.7 Å². The van der Waals surface area contributed by atoms with Crippen LogP contribution in [-0.2, 0) is 16.4 Å². The summed E-state index contributed by atoms with van der Waals surface area (Å²) in [6.07, 6.45) is 0.322. The molecule has 0 saturated carbocycles. The quantitative estimate of drug-likeness (QED) is 0.670. The van der Waals surface area contributed by atoms with Gasteiger partial charge in [0.1, 0.15) is 0 Å². The molecule has 0 atom stereocenters. The van der Waals surface area contributed by atoms with Gasteiger partial charge in [-0.05, 0) is 36.6 Å². The highest BCUT2D eigenvalue weighted by Crippen LogP contribution is 2.18. The summed E-state index contributed by atoms with van der Waals surface area (Å²) in [4.78, 5) is 4.58. The smallest absolute Gasteiger partial charge is 0.240 e. The molecule has 2 aromatic carbocycles. The molecule has 0 aliphatic heterocycles. The Balaban J connectivity index is 1.61. The molecule has 6 nitrogen and oxygen atoms in total. The Bertz CT molecular complexity index is 1010. The molecule has 7 heteroatoms. The van der Waals surface area contributed by atoms with Crippen molar-refractivity contribution < 1.29 is 12.9 Å². The van der Waals surface area contributed by atoms with Gasteiger partial charge in [-0.2, -0.15) is 4.98 Å². The van der Waals surface area contributed by atoms with E-state index in [4.69, 9.17) is 4.52 Å². The summed E-state index contributed by atoms with van der Waals surface area (Å²) in [5.41, 5.74) is 3.08. The first kappa shape index (κ1) is 19.3. The predicted octanol–water partition coefficient (Wildman–Crippen LogP) is 3.69. The second kappa shape index (κ2) is 8.02. The number of aryl methyl sites for hydroxylation is 1. The number of nitrogens with one attached hydrogen (secondary N) is 1. The van der Waals surface area contributed by atoms with Crippen LogP contribution >= 0.6 is 0 Å². The van der Waals surface area contributed by atoms with Crippen molar-refractivity contribution >= 4 is 10.0 Å². The van der Waals surface area contributed by atoms with Gasteiger partial charge in [0.25, 0.3) is 0 Å². The lowest BCUT2D eigenvalue weighted by Crippen LogP contribution is -2.26. The van der Waals surface area contributed by atoms with Crippen LogP contribution in [0.5, 0.6) is 0 Å². The van der Waals surface area contributed by atoms with Crippen LogP contribution < -0.4 is 4.72 Å². The van der Waals surface area contributed by atoms with Gasteiger partial charge in [0, 0.05) is 18.5 Å². The van der Waals surface area contributed by atoms with Crippen molar-refractivity contribution in [2.45, 2.75) is 38.0 Å². The average Bonchev–Trinajstić information content (AvgIpc) is 3.10. The maximum Gasteiger partial charge on any atom is 0.240 e. The molecule has 0 fully saturated rings. The number of rotatable bonds is 7. The molecular weight excluding hydrogens is 362 g/mol. The van der Waals surface area contributed by atoms with E-state index in [0.717, 1.165) is 16.7 Å². The van der Waals surface area contributed by atoms with Gasteiger partial charge in [0.05, 0.1) is 4.90 Å². The number of aromatic nitrogens is 2. The number of nitrogens with zero attached hydrogens (tertiary/aromatic N) is 2. The van der Waals surface area contributed by atoms with Crippen molar-refractivity contribution in [3.63, 3.8) is 0 Å². The van der Waals surface area contributed by atoms with Crippen LogP contribution in [0.25, 0.3) is 11.4 Å². The summed E-state index contributed by atoms with van der Waals surface area (Å²) < 4.78 is 32.6. The van der Waals surface area contributed by atoms with Gasteiger partial charge in [0.2, 0.25) is 21.7 Å². The molecule has 0 bridgehead atoms. The van der Waals surface area contributed by atoms with Crippen LogP contribution in [0.2, 0.25) is 0 Å². The van der Waals surface area contributed by atoms with Crippen molar-refractivity contribution in [2.75, 3.05) is 6.54 Å². The largest absolute Gasteiger partial charge is 0.339 e. The summed E-state index contributed by atoms with van der Waals surface area (Å²) in [6, 6.07) is 14.7. The molecule has 0 saturated heterocycles. The zero-order valence-corrected chi connectivity index (χ0v) is 16.5. The van der Waals surface area contributed by atoms with Crippen LogP contribution in [0.15, 0.2) is 57.9 Å². The van der Waals surface area contributed by atoms with Gasteiger partial charge in [-0.15, -0.1) is 0 Å². The van der Waals surface area contributed by atoms with Crippen LogP contribution in [-0.4, -0.2) is 25.1 Å². The Labute approximate surface area is 159 Å². The van der Waals surface area contributed by atoms with Crippen LogP contribution in [0.4, 0.5) is 0 Å². The lowest BCUT2D eigenvalue weighted by molar-refractivity contribution is 0.379. The highest BCUT2D eigenvalue weighted by atomic mass is 32.2. The van der Waals surface area contributed by atoms with Crippen molar-refractivity contribution in [1.82, 2.24) is 14.9 Å². The van der Waals surface area contributed by atoms with E-state index in [-0.39, 0.29) is 11.4 Å². The van der Waals surface area contributed by atoms with Gasteiger partial charge < -0.3 is 4.52 Å². The summed E-state index contributed by atoms with van der Waals surface area (Å²) >= 11 is 0. The van der Waals surface area contributed by atoms with Gasteiger partial charge >= 0.3 is 0 Å². The molecule has 0 unspecified atom stereocenters. The fourth-order valence-corrected chi connectivity index (χ4v) is 3.70. The first-order valence-corrected chi connectivity index (χ1v) is 10.3. The highest BCUT2D eigenvalue weighted by molar-refractivity contribution is 7.89. The van der Waals surface area contributed by atoms with Crippen molar-refractivity contribution in [3.05, 3.63) is 65.5 Å². The maximum absolute atomic E-state index is 12.4. The third-order valence-corrected chi connectivity index (χ3v) is 5.71. The predicted molar refractivity (Wildman–Crippen MR) is 104 cm³/mol. The summed E-state index contributed by atoms with van der Waals surface area (Å²) in [5.74, 6) is 1.25. The fraction of sp³-hybridized carbons (Fsp3) is 0.300. The molecule has 3 aromatic rings. The Morgan fingerprint density at radius 3 is 2.52 bits per heavy atom. The first-order valence-electron chi connectivity index (χ1n) is 8.84. The number of hydrogen-bond donors (Lipinski definition) is 1. The van der Waals surface area contributed by atoms with Gasteiger partial charge in [-0.1, -0.05) is 54.9 Å². The molecule has 0 amide bonds. The third kappa shape index (κ3) is 4.81. The minimum atomic E-state index is -3.56. The number of hydrogen-bond acceptors (Lipinski definition) is 5. The minimum Gasteiger partial charge on any atom is -0.339 e. The lowest BCUT2D eigenvalue weighted by atomic mass is 10.0. The molecule has 1 aromatic heterocycles. The van der Waals surface area contributed by atoms with Crippen molar-refractivity contribution in [1.29, 1.82) is 0 Å². The molecule has 0 radical (unpaired) electrons. The monoisotopic (exact) mass is 385 g/mol. The van der Waals surface area contributed by atoms with E-state index >= 15 is 0 Å². The molecule has 27 heavy (non-hydrogen) atoms. The highest BCUT2D eigenvalue weighted by Gasteiger charge is 2.15. The molecule has 142 valence electrons. The van der Waals surface area contributed by atoms with E-state index < -0.39 is 10.0 Å².